The predicted octanol–water partition coefficient (Wildman–Crippen LogP) is 21.8. The van der Waals surface area contributed by atoms with E-state index >= 15 is 0 Å². The summed E-state index contributed by atoms with van der Waals surface area (Å²) in [6.45, 7) is 4.44. The Hall–Kier alpha value is -6.13. The molecule has 0 aliphatic carbocycles. The summed E-state index contributed by atoms with van der Waals surface area (Å²) < 4.78 is 22.7. The molecule has 0 heterocycles. The van der Waals surface area contributed by atoms with Crippen molar-refractivity contribution >= 4 is 17.9 Å². The minimum absolute atomic E-state index is 0.128. The molecule has 520 valence electrons. The van der Waals surface area contributed by atoms with Gasteiger partial charge in [-0.2, -0.15) is 0 Å². The summed E-state index contributed by atoms with van der Waals surface area (Å²) in [5.41, 5.74) is 0. The summed E-state index contributed by atoms with van der Waals surface area (Å²) in [4.78, 5) is 37.5. The van der Waals surface area contributed by atoms with E-state index in [0.717, 1.165) is 148 Å². The molecule has 0 saturated carbocycles. The van der Waals surface area contributed by atoms with Crippen LogP contribution in [0.3, 0.4) is 0 Å². The first kappa shape index (κ1) is 86.9. The number of hydrogen-bond acceptors (Lipinski definition) is 8. The lowest BCUT2D eigenvalue weighted by atomic mass is 10.0. The number of allylic oxidation sites excluding steroid dienone is 34. The Balaban J connectivity index is 4.25. The molecule has 0 saturated heterocycles. The number of ether oxygens (including phenoxy) is 4. The fourth-order valence-electron chi connectivity index (χ4n) is 9.07. The van der Waals surface area contributed by atoms with Crippen molar-refractivity contribution in [1.29, 1.82) is 0 Å². The Labute approximate surface area is 569 Å². The number of carboxylic acids is 1. The van der Waals surface area contributed by atoms with E-state index in [9.17, 15) is 19.5 Å². The lowest BCUT2D eigenvalue weighted by Gasteiger charge is -2.26. The van der Waals surface area contributed by atoms with E-state index in [-0.39, 0.29) is 38.6 Å². The van der Waals surface area contributed by atoms with Crippen LogP contribution in [-0.2, 0) is 33.3 Å². The standard InChI is InChI=1S/C84H131NO8/c1-6-8-10-12-14-16-18-20-22-24-26-28-30-32-34-36-38-40-41-43-44-46-48-50-52-54-56-58-60-62-64-66-68-70-72-74-81(86)91-78-80(79-92-84(83(88)89)90-77-76-85(3,4)5)93-82(87)75-73-71-69-67-65-63-61-59-57-55-53-51-49-47-45-42-39-37-35-33-31-29-27-25-23-21-19-17-15-13-11-9-7-2/h8-11,14-17,20-23,26-29,32-35,38-40,42-44,47,49,53,55,59,61,65,67,80,84H,6-7,12-13,18-19,24-25,30-31,36-37,41,45-46,48,50-52,54,56-58,60,62-64,66,68-79H2,1-5H3/b10-8-,11-9-,16-14-,17-15-,22-20-,23-21-,28-26-,29-27-,34-32-,35-33-,40-38-,42-39-,44-43-,49-47-,55-53-,61-59-,67-65-. The van der Waals surface area contributed by atoms with Gasteiger partial charge in [-0.05, 0) is 148 Å². The topological polar surface area (TPSA) is 111 Å². The number of esters is 2. The largest absolute Gasteiger partial charge is 0.545 e. The summed E-state index contributed by atoms with van der Waals surface area (Å²) in [5.74, 6) is -2.37. The summed E-state index contributed by atoms with van der Waals surface area (Å²) in [5, 5.41) is 11.8. The average Bonchev–Trinajstić information content (AvgIpc) is 3.74. The van der Waals surface area contributed by atoms with Crippen LogP contribution >= 0.6 is 0 Å². The molecule has 93 heavy (non-hydrogen) atoms. The molecule has 0 aliphatic heterocycles. The Morgan fingerprint density at radius 3 is 0.882 bits per heavy atom. The highest BCUT2D eigenvalue weighted by Gasteiger charge is 2.22. The summed E-state index contributed by atoms with van der Waals surface area (Å²) in [6.07, 6.45) is 109. The Morgan fingerprint density at radius 1 is 0.323 bits per heavy atom. The van der Waals surface area contributed by atoms with Crippen LogP contribution in [-0.4, -0.2) is 82.3 Å². The molecule has 0 aliphatic rings. The number of carbonyl (C=O) groups is 3. The van der Waals surface area contributed by atoms with Gasteiger partial charge in [-0.1, -0.05) is 291 Å². The van der Waals surface area contributed by atoms with E-state index in [1.54, 1.807) is 0 Å². The second-order valence-electron chi connectivity index (χ2n) is 24.4. The first-order chi connectivity index (χ1) is 45.6. The predicted molar refractivity (Wildman–Crippen MR) is 397 cm³/mol. The van der Waals surface area contributed by atoms with Crippen molar-refractivity contribution in [1.82, 2.24) is 0 Å². The van der Waals surface area contributed by atoms with Crippen molar-refractivity contribution in [3.63, 3.8) is 0 Å². The molecular weight excluding hydrogens is 1150 g/mol. The zero-order chi connectivity index (χ0) is 67.5. The second kappa shape index (κ2) is 71.7. The highest BCUT2D eigenvalue weighted by atomic mass is 16.7. The number of hydrogen-bond donors (Lipinski definition) is 0. The van der Waals surface area contributed by atoms with Gasteiger partial charge in [0.15, 0.2) is 12.4 Å². The van der Waals surface area contributed by atoms with Crippen LogP contribution < -0.4 is 5.11 Å². The third-order valence-electron chi connectivity index (χ3n) is 14.5. The van der Waals surface area contributed by atoms with E-state index in [0.29, 0.717) is 17.4 Å². The fourth-order valence-corrected chi connectivity index (χ4v) is 9.07. The molecule has 0 fully saturated rings. The molecule has 0 bridgehead atoms. The lowest BCUT2D eigenvalue weighted by Crippen LogP contribution is -2.44. The van der Waals surface area contributed by atoms with Crippen LogP contribution in [0.5, 0.6) is 0 Å². The Kier molecular flexibility index (Phi) is 67.0. The number of nitrogens with zero attached hydrogens (tertiary/aromatic N) is 1. The van der Waals surface area contributed by atoms with Gasteiger partial charge in [-0.3, -0.25) is 9.59 Å². The van der Waals surface area contributed by atoms with Gasteiger partial charge in [-0.15, -0.1) is 0 Å². The quantitative estimate of drug-likeness (QED) is 0.0195. The van der Waals surface area contributed by atoms with Crippen LogP contribution in [0.15, 0.2) is 207 Å². The molecule has 0 aromatic carbocycles. The fraction of sp³-hybridized carbons (Fsp3) is 0.560. The summed E-state index contributed by atoms with van der Waals surface area (Å²) in [6, 6.07) is 0. The second-order valence-corrected chi connectivity index (χ2v) is 24.4. The maximum Gasteiger partial charge on any atom is 0.306 e. The molecule has 2 atom stereocenters. The zero-order valence-electron chi connectivity index (χ0n) is 59.3. The third-order valence-corrected chi connectivity index (χ3v) is 14.5. The number of likely N-dealkylation sites (N-methyl/N-ethyl adjacent to an activating group) is 1. The number of carbonyl (C=O) groups excluding carboxylic acids is 3. The van der Waals surface area contributed by atoms with Gasteiger partial charge in [-0.25, -0.2) is 0 Å². The van der Waals surface area contributed by atoms with E-state index in [1.165, 1.54) is 64.2 Å². The Bertz CT molecular complexity index is 2280. The molecule has 0 rings (SSSR count). The first-order valence-corrected chi connectivity index (χ1v) is 36.2. The van der Waals surface area contributed by atoms with Crippen LogP contribution in [0.1, 0.15) is 245 Å². The van der Waals surface area contributed by atoms with Crippen molar-refractivity contribution in [2.24, 2.45) is 0 Å². The van der Waals surface area contributed by atoms with Crippen LogP contribution in [0.25, 0.3) is 0 Å². The minimum atomic E-state index is -1.65. The summed E-state index contributed by atoms with van der Waals surface area (Å²) in [7, 11) is 5.90. The van der Waals surface area contributed by atoms with Crippen molar-refractivity contribution in [2.45, 2.75) is 257 Å². The van der Waals surface area contributed by atoms with Crippen LogP contribution in [0, 0.1) is 0 Å². The molecule has 9 nitrogen and oxygen atoms in total. The molecule has 0 amide bonds. The minimum Gasteiger partial charge on any atom is -0.545 e. The molecule has 9 heteroatoms. The van der Waals surface area contributed by atoms with Crippen molar-refractivity contribution < 1.29 is 42.9 Å². The maximum atomic E-state index is 12.9. The van der Waals surface area contributed by atoms with Gasteiger partial charge in [0, 0.05) is 12.8 Å². The van der Waals surface area contributed by atoms with Gasteiger partial charge in [0.1, 0.15) is 13.2 Å². The monoisotopic (exact) mass is 1280 g/mol. The van der Waals surface area contributed by atoms with E-state index in [4.69, 9.17) is 18.9 Å². The normalized spacial score (nSPS) is 13.9. The average molecular weight is 1280 g/mol. The molecule has 0 aromatic heterocycles. The smallest absolute Gasteiger partial charge is 0.306 e. The molecule has 2 unspecified atom stereocenters. The third kappa shape index (κ3) is 73.1. The van der Waals surface area contributed by atoms with E-state index in [1.807, 2.05) is 21.1 Å². The molecule has 0 N–H and O–H groups in total. The number of rotatable bonds is 64. The highest BCUT2D eigenvalue weighted by molar-refractivity contribution is 5.70. The van der Waals surface area contributed by atoms with E-state index in [2.05, 4.69) is 220 Å². The van der Waals surface area contributed by atoms with Crippen LogP contribution in [0.4, 0.5) is 0 Å². The van der Waals surface area contributed by atoms with Gasteiger partial charge >= 0.3 is 11.9 Å². The summed E-state index contributed by atoms with van der Waals surface area (Å²) >= 11 is 0. The number of aliphatic carboxylic acids is 1. The molecular formula is C84H131NO8. The zero-order valence-corrected chi connectivity index (χ0v) is 59.3. The Morgan fingerprint density at radius 2 is 0.581 bits per heavy atom. The maximum absolute atomic E-state index is 12.9. The van der Waals surface area contributed by atoms with Gasteiger partial charge in [0.05, 0.1) is 40.3 Å². The number of quaternary nitrogens is 1. The number of unbranched alkanes of at least 4 members (excludes halogenated alkanes) is 15. The lowest BCUT2D eigenvalue weighted by molar-refractivity contribution is -0.870. The van der Waals surface area contributed by atoms with E-state index < -0.39 is 24.3 Å². The molecule has 0 aromatic rings. The van der Waals surface area contributed by atoms with Gasteiger partial charge in [0.25, 0.3) is 0 Å². The van der Waals surface area contributed by atoms with Crippen molar-refractivity contribution in [3.05, 3.63) is 207 Å². The van der Waals surface area contributed by atoms with Crippen molar-refractivity contribution in [3.8, 4) is 0 Å². The van der Waals surface area contributed by atoms with Crippen molar-refractivity contribution in [2.75, 3.05) is 47.5 Å². The number of carboxylic acid groups (broad SMARTS) is 1. The molecule has 0 radical (unpaired) electrons. The SMILES string of the molecule is CC/C=C\C/C=C\C/C=C\C/C=C\C/C=C\C/C=C\C/C=C\C/C=C\C/C=C\C/C=C\CCCCC(=O)OC(COC(=O)CCCCCCCCCCCCCCC/C=C\C/C=C\C/C=C\C/C=C\C/C=C\C/C=C\C/C=C\CC)COC(OCC[N+](C)(C)C)C(=O)[O-]. The first-order valence-electron chi connectivity index (χ1n) is 36.2. The molecule has 0 spiro atoms. The van der Waals surface area contributed by atoms with Crippen LogP contribution in [0.2, 0.25) is 0 Å². The van der Waals surface area contributed by atoms with Gasteiger partial charge < -0.3 is 33.3 Å². The van der Waals surface area contributed by atoms with Gasteiger partial charge in [0.2, 0.25) is 0 Å². The highest BCUT2D eigenvalue weighted by Crippen LogP contribution is 2.15.